The average Bonchev–Trinajstić information content (AvgIpc) is 2.42. The molecular weight excluding hydrogens is 350 g/mol. The number of benzene rings is 2. The van der Waals surface area contributed by atoms with Crippen molar-refractivity contribution in [3.63, 3.8) is 0 Å². The van der Waals surface area contributed by atoms with Gasteiger partial charge in [0.1, 0.15) is 11.6 Å². The van der Waals surface area contributed by atoms with Crippen molar-refractivity contribution in [2.45, 2.75) is 12.5 Å². The Kier molecular flexibility index (Phi) is 5.10. The van der Waals surface area contributed by atoms with Crippen LogP contribution in [0.5, 0.6) is 0 Å². The van der Waals surface area contributed by atoms with Crippen molar-refractivity contribution in [2.75, 3.05) is 0 Å². The molecular formula is C14H12BrClF2N2. The van der Waals surface area contributed by atoms with E-state index in [1.165, 1.54) is 18.2 Å². The van der Waals surface area contributed by atoms with Crippen molar-refractivity contribution in [3.05, 3.63) is 68.7 Å². The lowest BCUT2D eigenvalue weighted by Gasteiger charge is -2.18. The van der Waals surface area contributed by atoms with E-state index in [9.17, 15) is 8.78 Å². The number of nitrogens with two attached hydrogens (primary N) is 1. The van der Waals surface area contributed by atoms with Gasteiger partial charge in [0.2, 0.25) is 0 Å². The van der Waals surface area contributed by atoms with E-state index in [2.05, 4.69) is 21.4 Å². The predicted octanol–water partition coefficient (Wildman–Crippen LogP) is 4.13. The summed E-state index contributed by atoms with van der Waals surface area (Å²) in [6.07, 6.45) is 0.397. The summed E-state index contributed by atoms with van der Waals surface area (Å²) in [5.74, 6) is 4.66. The standard InChI is InChI=1S/C14H12BrClF2N2/c15-11-7-9(17)5-4-8(11)6-13(20-19)10-2-1-3-12(16)14(10)18/h1-5,7,13,20H,6,19H2. The normalized spacial score (nSPS) is 12.4. The van der Waals surface area contributed by atoms with Crippen LogP contribution in [0.4, 0.5) is 8.78 Å². The van der Waals surface area contributed by atoms with Gasteiger partial charge in [0.15, 0.2) is 0 Å². The zero-order valence-corrected chi connectivity index (χ0v) is 12.7. The number of hydrazine groups is 1. The molecule has 106 valence electrons. The average molecular weight is 362 g/mol. The molecule has 3 N–H and O–H groups in total. The largest absolute Gasteiger partial charge is 0.271 e. The van der Waals surface area contributed by atoms with E-state index >= 15 is 0 Å². The minimum atomic E-state index is -0.504. The van der Waals surface area contributed by atoms with Gasteiger partial charge in [-0.05, 0) is 30.2 Å². The zero-order valence-electron chi connectivity index (χ0n) is 10.3. The molecule has 0 fully saturated rings. The Bertz CT molecular complexity index is 622. The molecule has 2 nitrogen and oxygen atoms in total. The molecule has 0 spiro atoms. The van der Waals surface area contributed by atoms with Crippen molar-refractivity contribution >= 4 is 27.5 Å². The monoisotopic (exact) mass is 360 g/mol. The first-order chi connectivity index (χ1) is 9.52. The second-order valence-corrected chi connectivity index (χ2v) is 5.56. The van der Waals surface area contributed by atoms with Gasteiger partial charge < -0.3 is 0 Å². The molecule has 0 amide bonds. The Morgan fingerprint density at radius 3 is 2.65 bits per heavy atom. The maximum Gasteiger partial charge on any atom is 0.146 e. The van der Waals surface area contributed by atoms with E-state index in [0.29, 0.717) is 16.5 Å². The fourth-order valence-electron chi connectivity index (χ4n) is 1.96. The lowest BCUT2D eigenvalue weighted by molar-refractivity contribution is 0.509. The molecule has 2 aromatic rings. The molecule has 2 aromatic carbocycles. The summed E-state index contributed by atoms with van der Waals surface area (Å²) in [4.78, 5) is 0. The Labute approximate surface area is 129 Å². The summed E-state index contributed by atoms with van der Waals surface area (Å²) in [6, 6.07) is 8.62. The van der Waals surface area contributed by atoms with Crippen molar-refractivity contribution in [3.8, 4) is 0 Å². The molecule has 0 saturated heterocycles. The Hall–Kier alpha value is -1.01. The summed E-state index contributed by atoms with van der Waals surface area (Å²) in [5, 5.41) is 0.0425. The van der Waals surface area contributed by atoms with Gasteiger partial charge in [0, 0.05) is 10.0 Å². The van der Waals surface area contributed by atoms with E-state index in [-0.39, 0.29) is 10.8 Å². The van der Waals surface area contributed by atoms with Crippen LogP contribution >= 0.6 is 27.5 Å². The molecule has 2 rings (SSSR count). The third-order valence-corrected chi connectivity index (χ3v) is 4.03. The Morgan fingerprint density at radius 2 is 2.00 bits per heavy atom. The van der Waals surface area contributed by atoms with Crippen LogP contribution in [-0.2, 0) is 6.42 Å². The minimum absolute atomic E-state index is 0.0425. The number of hydrogen-bond donors (Lipinski definition) is 2. The third-order valence-electron chi connectivity index (χ3n) is 3.00. The highest BCUT2D eigenvalue weighted by molar-refractivity contribution is 9.10. The van der Waals surface area contributed by atoms with Crippen molar-refractivity contribution in [1.82, 2.24) is 5.43 Å². The first kappa shape index (κ1) is 15.4. The number of nitrogens with one attached hydrogen (secondary N) is 1. The van der Waals surface area contributed by atoms with Gasteiger partial charge in [0.25, 0.3) is 0 Å². The molecule has 6 heteroatoms. The minimum Gasteiger partial charge on any atom is -0.271 e. The molecule has 0 aliphatic heterocycles. The summed E-state index contributed by atoms with van der Waals surface area (Å²) < 4.78 is 27.7. The molecule has 0 bridgehead atoms. The highest BCUT2D eigenvalue weighted by Crippen LogP contribution is 2.28. The molecule has 1 unspecified atom stereocenters. The Morgan fingerprint density at radius 1 is 1.25 bits per heavy atom. The van der Waals surface area contributed by atoms with Crippen LogP contribution in [0.3, 0.4) is 0 Å². The van der Waals surface area contributed by atoms with Crippen LogP contribution in [0.1, 0.15) is 17.2 Å². The van der Waals surface area contributed by atoms with Gasteiger partial charge in [-0.15, -0.1) is 0 Å². The van der Waals surface area contributed by atoms with Crippen LogP contribution in [-0.4, -0.2) is 0 Å². The van der Waals surface area contributed by atoms with Gasteiger partial charge >= 0.3 is 0 Å². The quantitative estimate of drug-likeness (QED) is 0.635. The van der Waals surface area contributed by atoms with E-state index < -0.39 is 11.9 Å². The summed E-state index contributed by atoms with van der Waals surface area (Å²) in [5.41, 5.74) is 3.75. The van der Waals surface area contributed by atoms with Crippen LogP contribution < -0.4 is 11.3 Å². The maximum absolute atomic E-state index is 14.0. The maximum atomic E-state index is 14.0. The van der Waals surface area contributed by atoms with Gasteiger partial charge in [-0.2, -0.15) is 0 Å². The Balaban J connectivity index is 2.31. The van der Waals surface area contributed by atoms with Crippen molar-refractivity contribution in [1.29, 1.82) is 0 Å². The van der Waals surface area contributed by atoms with Crippen molar-refractivity contribution < 1.29 is 8.78 Å². The number of rotatable bonds is 4. The molecule has 0 radical (unpaired) electrons. The fraction of sp³-hybridized carbons (Fsp3) is 0.143. The van der Waals surface area contributed by atoms with Crippen LogP contribution in [0.2, 0.25) is 5.02 Å². The molecule has 0 aromatic heterocycles. The second kappa shape index (κ2) is 6.63. The van der Waals surface area contributed by atoms with Gasteiger partial charge in [0.05, 0.1) is 11.1 Å². The van der Waals surface area contributed by atoms with Crippen molar-refractivity contribution in [2.24, 2.45) is 5.84 Å². The first-order valence-corrected chi connectivity index (χ1v) is 7.04. The van der Waals surface area contributed by atoms with Crippen LogP contribution in [0.25, 0.3) is 0 Å². The smallest absolute Gasteiger partial charge is 0.146 e. The van der Waals surface area contributed by atoms with Gasteiger partial charge in [-0.25, -0.2) is 8.78 Å². The number of halogens is 4. The fourth-order valence-corrected chi connectivity index (χ4v) is 2.65. The molecule has 20 heavy (non-hydrogen) atoms. The molecule has 0 saturated carbocycles. The number of hydrogen-bond acceptors (Lipinski definition) is 2. The first-order valence-electron chi connectivity index (χ1n) is 5.87. The lowest BCUT2D eigenvalue weighted by Crippen LogP contribution is -2.30. The van der Waals surface area contributed by atoms with E-state index in [1.54, 1.807) is 18.2 Å². The molecule has 0 heterocycles. The third kappa shape index (κ3) is 3.35. The predicted molar refractivity (Wildman–Crippen MR) is 79.3 cm³/mol. The summed E-state index contributed by atoms with van der Waals surface area (Å²) >= 11 is 9.05. The topological polar surface area (TPSA) is 38.0 Å². The van der Waals surface area contributed by atoms with E-state index in [4.69, 9.17) is 17.4 Å². The van der Waals surface area contributed by atoms with E-state index in [0.717, 1.165) is 5.56 Å². The summed E-state index contributed by atoms with van der Waals surface area (Å²) in [6.45, 7) is 0. The van der Waals surface area contributed by atoms with Gasteiger partial charge in [-0.1, -0.05) is 45.7 Å². The van der Waals surface area contributed by atoms with Crippen LogP contribution in [0, 0.1) is 11.6 Å². The van der Waals surface area contributed by atoms with Gasteiger partial charge in [-0.3, -0.25) is 11.3 Å². The second-order valence-electron chi connectivity index (χ2n) is 4.30. The van der Waals surface area contributed by atoms with Crippen LogP contribution in [0.15, 0.2) is 40.9 Å². The summed E-state index contributed by atoms with van der Waals surface area (Å²) in [7, 11) is 0. The highest BCUT2D eigenvalue weighted by Gasteiger charge is 2.18. The highest BCUT2D eigenvalue weighted by atomic mass is 79.9. The zero-order chi connectivity index (χ0) is 14.7. The molecule has 0 aliphatic carbocycles. The van der Waals surface area contributed by atoms with E-state index in [1.807, 2.05) is 0 Å². The molecule has 1 atom stereocenters. The lowest BCUT2D eigenvalue weighted by atomic mass is 9.99. The SMILES string of the molecule is NNC(Cc1ccc(F)cc1Br)c1cccc(Cl)c1F. The molecule has 0 aliphatic rings.